The zero-order valence-electron chi connectivity index (χ0n) is 12.0. The minimum absolute atomic E-state index is 1.21. The van der Waals surface area contributed by atoms with Crippen molar-refractivity contribution in [3.8, 4) is 0 Å². The van der Waals surface area contributed by atoms with E-state index in [1.165, 1.54) is 6.04 Å². The Bertz CT molecular complexity index is 295. The van der Waals surface area contributed by atoms with Gasteiger partial charge in [0.2, 0.25) is 0 Å². The van der Waals surface area contributed by atoms with E-state index in [2.05, 4.69) is 73.7 Å². The Morgan fingerprint density at radius 3 is 1.75 bits per heavy atom. The molecule has 4 heteroatoms. The fourth-order valence-electron chi connectivity index (χ4n) is 3.42. The van der Waals surface area contributed by atoms with Crippen LogP contribution in [0.3, 0.4) is 0 Å². The zero-order chi connectivity index (χ0) is 12.6. The topological polar surface area (TPSA) is 3.24 Å². The van der Waals surface area contributed by atoms with Crippen LogP contribution in [0.2, 0.25) is 51.9 Å². The molecule has 1 nitrogen and oxygen atoms in total. The monoisotopic (exact) mass is 269 g/mol. The molecule has 0 saturated carbocycles. The van der Waals surface area contributed by atoms with Crippen molar-refractivity contribution in [1.82, 2.24) is 3.90 Å². The summed E-state index contributed by atoms with van der Waals surface area (Å²) in [5, 5.41) is 0. The largest absolute Gasteiger partial charge is 0.365 e. The zero-order valence-corrected chi connectivity index (χ0v) is 15.0. The summed E-state index contributed by atoms with van der Waals surface area (Å²) in [5.74, 6) is 0. The third-order valence-electron chi connectivity index (χ3n) is 3.09. The number of hydrogen-bond acceptors (Lipinski definition) is 1. The van der Waals surface area contributed by atoms with E-state index in [1.807, 2.05) is 0 Å². The average molecular weight is 270 g/mol. The first kappa shape index (κ1) is 14.2. The Hall–Kier alpha value is 0.0906. The van der Waals surface area contributed by atoms with E-state index in [0.29, 0.717) is 0 Å². The van der Waals surface area contributed by atoms with Crippen LogP contribution in [-0.4, -0.2) is 28.6 Å². The molecule has 16 heavy (non-hydrogen) atoms. The van der Waals surface area contributed by atoms with Gasteiger partial charge in [-0.2, -0.15) is 0 Å². The minimum Gasteiger partial charge on any atom is -0.365 e. The fourth-order valence-corrected chi connectivity index (χ4v) is 26.3. The van der Waals surface area contributed by atoms with Crippen LogP contribution in [0.15, 0.2) is 23.9 Å². The molecular formula is C12H27NSi3. The van der Waals surface area contributed by atoms with Crippen molar-refractivity contribution in [2.45, 2.75) is 51.9 Å². The maximum absolute atomic E-state index is 3.03. The van der Waals surface area contributed by atoms with E-state index >= 15 is 0 Å². The van der Waals surface area contributed by atoms with Gasteiger partial charge in [-0.3, -0.25) is 0 Å². The van der Waals surface area contributed by atoms with E-state index in [4.69, 9.17) is 0 Å². The lowest BCUT2D eigenvalue weighted by Gasteiger charge is -2.53. The fraction of sp³-hybridized carbons (Fsp3) is 0.667. The first-order chi connectivity index (χ1) is 7.07. The van der Waals surface area contributed by atoms with Crippen molar-refractivity contribution in [3.05, 3.63) is 23.9 Å². The number of rotatable bonds is 3. The molecule has 1 aliphatic rings. The highest BCUT2D eigenvalue weighted by Gasteiger charge is 2.45. The van der Waals surface area contributed by atoms with Crippen molar-refractivity contribution in [3.63, 3.8) is 0 Å². The van der Waals surface area contributed by atoms with Gasteiger partial charge in [0, 0.05) is 0 Å². The van der Waals surface area contributed by atoms with Crippen molar-refractivity contribution < 1.29 is 0 Å². The summed E-state index contributed by atoms with van der Waals surface area (Å²) in [6.45, 7) is 17.6. The lowest BCUT2D eigenvalue weighted by molar-refractivity contribution is 0.896. The maximum atomic E-state index is 3.03. The lowest BCUT2D eigenvalue weighted by atomic mass is 10.5. The van der Waals surface area contributed by atoms with Crippen LogP contribution in [0.1, 0.15) is 0 Å². The summed E-state index contributed by atoms with van der Waals surface area (Å²) in [5.41, 5.74) is 2.55. The third kappa shape index (κ3) is 3.06. The molecule has 0 bridgehead atoms. The molecule has 0 aliphatic carbocycles. The summed E-state index contributed by atoms with van der Waals surface area (Å²) < 4.78 is 3.03. The Morgan fingerprint density at radius 2 is 1.44 bits per heavy atom. The molecular weight excluding hydrogens is 242 g/mol. The summed E-state index contributed by atoms with van der Waals surface area (Å²) >= 11 is 0. The Labute approximate surface area is 105 Å². The molecule has 1 unspecified atom stereocenters. The van der Waals surface area contributed by atoms with E-state index in [0.717, 1.165) is 0 Å². The maximum Gasteiger partial charge on any atom is 0.140 e. The molecule has 1 heterocycles. The smallest absolute Gasteiger partial charge is 0.140 e. The molecule has 0 amide bonds. The van der Waals surface area contributed by atoms with E-state index in [-0.39, 0.29) is 0 Å². The van der Waals surface area contributed by atoms with Crippen LogP contribution in [0.4, 0.5) is 0 Å². The van der Waals surface area contributed by atoms with Gasteiger partial charge in [-0.1, -0.05) is 69.8 Å². The van der Waals surface area contributed by atoms with Gasteiger partial charge in [0.05, 0.1) is 0 Å². The molecule has 0 aromatic heterocycles. The van der Waals surface area contributed by atoms with Gasteiger partial charge < -0.3 is 3.90 Å². The molecule has 1 rings (SSSR count). The summed E-state index contributed by atoms with van der Waals surface area (Å²) in [4.78, 5) is 0. The van der Waals surface area contributed by atoms with Crippen LogP contribution in [-0.2, 0) is 0 Å². The van der Waals surface area contributed by atoms with Crippen molar-refractivity contribution in [2.75, 3.05) is 0 Å². The van der Waals surface area contributed by atoms with Gasteiger partial charge >= 0.3 is 0 Å². The van der Waals surface area contributed by atoms with Crippen molar-refractivity contribution >= 4 is 24.7 Å². The predicted octanol–water partition coefficient (Wildman–Crippen LogP) is 4.20. The summed E-state index contributed by atoms with van der Waals surface area (Å²) in [6.07, 6.45) is 6.86. The van der Waals surface area contributed by atoms with Crippen LogP contribution in [0.5, 0.6) is 0 Å². The van der Waals surface area contributed by atoms with E-state index in [1.54, 1.807) is 0 Å². The van der Waals surface area contributed by atoms with Crippen LogP contribution in [0.25, 0.3) is 0 Å². The predicted molar refractivity (Wildman–Crippen MR) is 83.2 cm³/mol. The Morgan fingerprint density at radius 1 is 0.938 bits per heavy atom. The van der Waals surface area contributed by atoms with E-state index < -0.39 is 24.7 Å². The molecule has 0 N–H and O–H groups in total. The molecule has 0 saturated heterocycles. The van der Waals surface area contributed by atoms with Crippen LogP contribution in [0, 0.1) is 0 Å². The molecule has 0 radical (unpaired) electrons. The van der Waals surface area contributed by atoms with E-state index in [9.17, 15) is 0 Å². The van der Waals surface area contributed by atoms with Gasteiger partial charge in [-0.05, 0) is 6.04 Å². The second-order valence-electron chi connectivity index (χ2n) is 7.03. The van der Waals surface area contributed by atoms with Gasteiger partial charge in [0.1, 0.15) is 24.7 Å². The van der Waals surface area contributed by atoms with Gasteiger partial charge in [-0.25, -0.2) is 0 Å². The Balaban J connectivity index is 3.12. The third-order valence-corrected chi connectivity index (χ3v) is 19.9. The highest BCUT2D eigenvalue weighted by atomic mass is 28.5. The van der Waals surface area contributed by atoms with Crippen molar-refractivity contribution in [2.24, 2.45) is 0 Å². The van der Waals surface area contributed by atoms with Gasteiger partial charge in [-0.15, -0.1) is 0 Å². The molecule has 1 aliphatic heterocycles. The first-order valence-electron chi connectivity index (χ1n) is 6.22. The Kier molecular flexibility index (Phi) is 3.89. The first-order valence-corrected chi connectivity index (χ1v) is 15.8. The summed E-state index contributed by atoms with van der Waals surface area (Å²) in [7, 11) is -3.77. The molecule has 0 spiro atoms. The molecule has 0 fully saturated rings. The normalized spacial score (nSPS) is 26.5. The standard InChI is InChI=1S/C12H27NSi3/c1-14(2,3)13(15(4,5)6)16(7)11-9-8-10-12-16/h8-11H,12H2,1-7H3. The number of nitrogens with zero attached hydrogens (tertiary/aromatic N) is 1. The van der Waals surface area contributed by atoms with Crippen LogP contribution < -0.4 is 0 Å². The van der Waals surface area contributed by atoms with Gasteiger partial charge in [0.25, 0.3) is 0 Å². The number of hydrogen-bond donors (Lipinski definition) is 0. The molecule has 0 aromatic carbocycles. The highest BCUT2D eigenvalue weighted by Crippen LogP contribution is 2.32. The lowest BCUT2D eigenvalue weighted by Crippen LogP contribution is -2.70. The quantitative estimate of drug-likeness (QED) is 0.694. The number of allylic oxidation sites excluding steroid dienone is 3. The SMILES string of the molecule is C[Si](C)(C)N([Si](C)(C)C)[Si]1(C)C=CC=CC1. The second kappa shape index (κ2) is 4.40. The molecule has 92 valence electrons. The molecule has 0 aromatic rings. The second-order valence-corrected chi connectivity index (χ2v) is 21.8. The van der Waals surface area contributed by atoms with Gasteiger partial charge in [0.15, 0.2) is 0 Å². The van der Waals surface area contributed by atoms with Crippen LogP contribution >= 0.6 is 0 Å². The highest BCUT2D eigenvalue weighted by molar-refractivity contribution is 7.06. The molecule has 1 atom stereocenters. The summed E-state index contributed by atoms with van der Waals surface area (Å²) in [6, 6.07) is 1.30. The average Bonchev–Trinajstić information content (AvgIpc) is 1.97. The minimum atomic E-state index is -1.35. The van der Waals surface area contributed by atoms with Crippen molar-refractivity contribution in [1.29, 1.82) is 0 Å².